The lowest BCUT2D eigenvalue weighted by atomic mass is 10.2. The zero-order chi connectivity index (χ0) is 21.7. The summed E-state index contributed by atoms with van der Waals surface area (Å²) in [5.74, 6) is 0.185. The molecule has 0 unspecified atom stereocenters. The van der Waals surface area contributed by atoms with E-state index in [1.165, 1.54) is 30.0 Å². The van der Waals surface area contributed by atoms with E-state index in [9.17, 15) is 9.59 Å². The number of ether oxygens (including phenoxy) is 1. The van der Waals surface area contributed by atoms with Crippen molar-refractivity contribution in [1.82, 2.24) is 13.9 Å². The molecule has 0 saturated heterocycles. The first kappa shape index (κ1) is 21.8. The zero-order valence-corrected chi connectivity index (χ0v) is 18.0. The summed E-state index contributed by atoms with van der Waals surface area (Å²) in [7, 11) is 6.96. The Morgan fingerprint density at radius 3 is 2.73 bits per heavy atom. The molecule has 0 aliphatic heterocycles. The number of hydrogen-bond acceptors (Lipinski definition) is 7. The van der Waals surface area contributed by atoms with Gasteiger partial charge in [0, 0.05) is 17.0 Å². The topological polar surface area (TPSA) is 102 Å². The van der Waals surface area contributed by atoms with Gasteiger partial charge >= 0.3 is 0 Å². The van der Waals surface area contributed by atoms with Gasteiger partial charge in [-0.3, -0.25) is 18.5 Å². The summed E-state index contributed by atoms with van der Waals surface area (Å²) >= 11 is 1.52. The summed E-state index contributed by atoms with van der Waals surface area (Å²) in [5.41, 5.74) is 3.15. The Morgan fingerprint density at radius 1 is 1.23 bits per heavy atom. The Bertz CT molecular complexity index is 1120. The molecule has 0 aliphatic carbocycles. The van der Waals surface area contributed by atoms with Gasteiger partial charge < -0.3 is 10.1 Å². The second-order valence-electron chi connectivity index (χ2n) is 6.62. The van der Waals surface area contributed by atoms with E-state index < -0.39 is 0 Å². The van der Waals surface area contributed by atoms with Crippen LogP contribution in [0.1, 0.15) is 0 Å². The van der Waals surface area contributed by atoms with Gasteiger partial charge in [-0.1, -0.05) is 0 Å². The number of hydrogen-bond donors (Lipinski definition) is 2. The van der Waals surface area contributed by atoms with Crippen molar-refractivity contribution in [2.24, 2.45) is 0 Å². The van der Waals surface area contributed by atoms with E-state index in [0.29, 0.717) is 22.3 Å². The van der Waals surface area contributed by atoms with Crippen LogP contribution in [0.25, 0.3) is 10.9 Å². The van der Waals surface area contributed by atoms with Crippen molar-refractivity contribution in [2.75, 3.05) is 33.6 Å². The minimum absolute atomic E-state index is 0.165. The van der Waals surface area contributed by atoms with Crippen LogP contribution < -0.4 is 21.1 Å². The van der Waals surface area contributed by atoms with Gasteiger partial charge in [0.2, 0.25) is 5.91 Å². The Balaban J connectivity index is 1.81. The molecule has 0 fully saturated rings. The molecule has 10 heteroatoms. The van der Waals surface area contributed by atoms with E-state index in [2.05, 4.69) is 10.3 Å². The smallest absolute Gasteiger partial charge is 0.261 e. The van der Waals surface area contributed by atoms with Gasteiger partial charge in [0.15, 0.2) is 5.69 Å². The average molecular weight is 431 g/mol. The van der Waals surface area contributed by atoms with E-state index >= 15 is 0 Å². The number of methoxy groups -OCH3 is 1. The molecular formula is C20H24N5O4S+. The second kappa shape index (κ2) is 9.72. The number of rotatable bonds is 8. The lowest BCUT2D eigenvalue weighted by Gasteiger charge is -2.14. The predicted molar refractivity (Wildman–Crippen MR) is 116 cm³/mol. The van der Waals surface area contributed by atoms with Crippen LogP contribution in [-0.4, -0.2) is 48.1 Å². The highest BCUT2D eigenvalue weighted by molar-refractivity contribution is 7.97. The molecule has 1 amide bonds. The highest BCUT2D eigenvalue weighted by Crippen LogP contribution is 2.30. The monoisotopic (exact) mass is 430 g/mol. The van der Waals surface area contributed by atoms with Crippen molar-refractivity contribution in [1.29, 1.82) is 0 Å². The van der Waals surface area contributed by atoms with Crippen molar-refractivity contribution in [2.45, 2.75) is 11.4 Å². The van der Waals surface area contributed by atoms with Gasteiger partial charge in [-0.25, -0.2) is 9.82 Å². The fourth-order valence-electron chi connectivity index (χ4n) is 2.89. The second-order valence-corrected chi connectivity index (χ2v) is 8.01. The number of nitrogens with zero attached hydrogens (tertiary/aromatic N) is 3. The van der Waals surface area contributed by atoms with Crippen LogP contribution in [0.3, 0.4) is 0 Å². The molecule has 1 heterocycles. The molecule has 30 heavy (non-hydrogen) atoms. The van der Waals surface area contributed by atoms with Crippen LogP contribution in [0.15, 0.2) is 52.4 Å². The van der Waals surface area contributed by atoms with Gasteiger partial charge in [-0.2, -0.15) is 5.48 Å². The first-order chi connectivity index (χ1) is 14.4. The molecule has 1 aromatic heterocycles. The van der Waals surface area contributed by atoms with Crippen LogP contribution in [0.4, 0.5) is 11.4 Å². The lowest BCUT2D eigenvalue weighted by molar-refractivity contribution is -0.830. The number of carbonyl (C=O) groups is 1. The van der Waals surface area contributed by atoms with Gasteiger partial charge in [0.05, 0.1) is 37.1 Å². The summed E-state index contributed by atoms with van der Waals surface area (Å²) in [5, 5.41) is 3.25. The number of aromatic nitrogens is 2. The zero-order valence-electron chi connectivity index (χ0n) is 17.2. The van der Waals surface area contributed by atoms with Crippen LogP contribution in [-0.2, 0) is 16.2 Å². The van der Waals surface area contributed by atoms with Gasteiger partial charge in [0.1, 0.15) is 12.3 Å². The van der Waals surface area contributed by atoms with E-state index in [1.54, 1.807) is 36.9 Å². The SMILES string of the molecule is CO[NH2+]c1ccc2c(=O)n(CC(=O)Nc3cc(SN(C)C)ccc3OC)cnc2c1. The van der Waals surface area contributed by atoms with Crippen LogP contribution >= 0.6 is 11.9 Å². The average Bonchev–Trinajstić information content (AvgIpc) is 2.70. The third kappa shape index (κ3) is 5.16. The van der Waals surface area contributed by atoms with Gasteiger partial charge in [-0.05, 0) is 50.3 Å². The molecule has 3 N–H and O–H groups in total. The summed E-state index contributed by atoms with van der Waals surface area (Å²) in [6, 6.07) is 10.7. The van der Waals surface area contributed by atoms with Gasteiger partial charge in [-0.15, -0.1) is 0 Å². The van der Waals surface area contributed by atoms with E-state index in [1.807, 2.05) is 30.5 Å². The van der Waals surface area contributed by atoms with Crippen molar-refractivity contribution in [3.8, 4) is 5.75 Å². The number of carbonyl (C=O) groups excluding carboxylic acids is 1. The van der Waals surface area contributed by atoms with E-state index in [0.717, 1.165) is 10.6 Å². The maximum Gasteiger partial charge on any atom is 0.261 e. The minimum Gasteiger partial charge on any atom is -0.495 e. The molecule has 9 nitrogen and oxygen atoms in total. The van der Waals surface area contributed by atoms with E-state index in [-0.39, 0.29) is 18.0 Å². The Morgan fingerprint density at radius 2 is 2.03 bits per heavy atom. The standard InChI is InChI=1S/C20H23N5O4S/c1-24(2)30-14-6-8-18(28-3)17(10-14)22-19(26)11-25-12-21-16-9-13(23-29-4)5-7-15(16)20(25)27/h5-10,12,23H,11H2,1-4H3,(H,22,26)/p+1. The highest BCUT2D eigenvalue weighted by Gasteiger charge is 2.13. The van der Waals surface area contributed by atoms with Crippen LogP contribution in [0, 0.1) is 0 Å². The maximum atomic E-state index is 12.8. The lowest BCUT2D eigenvalue weighted by Crippen LogP contribution is -2.75. The summed E-state index contributed by atoms with van der Waals surface area (Å²) < 4.78 is 8.57. The number of amides is 1. The highest BCUT2D eigenvalue weighted by atomic mass is 32.2. The molecule has 0 bridgehead atoms. The molecule has 3 aromatic rings. The van der Waals surface area contributed by atoms with E-state index in [4.69, 9.17) is 9.57 Å². The molecule has 0 radical (unpaired) electrons. The van der Waals surface area contributed by atoms with Crippen LogP contribution in [0.5, 0.6) is 5.75 Å². The first-order valence-electron chi connectivity index (χ1n) is 9.09. The van der Waals surface area contributed by atoms with Crippen molar-refractivity contribution < 1.29 is 19.8 Å². The minimum atomic E-state index is -0.354. The Labute approximate surface area is 178 Å². The Kier molecular flexibility index (Phi) is 7.06. The molecule has 158 valence electrons. The number of benzene rings is 2. The van der Waals surface area contributed by atoms with Crippen molar-refractivity contribution in [3.63, 3.8) is 0 Å². The quantitative estimate of drug-likeness (QED) is 0.316. The first-order valence-corrected chi connectivity index (χ1v) is 9.87. The largest absolute Gasteiger partial charge is 0.495 e. The number of fused-ring (bicyclic) bond motifs is 1. The molecule has 0 atom stereocenters. The summed E-state index contributed by atoms with van der Waals surface area (Å²) in [4.78, 5) is 35.6. The Hall–Kier alpha value is -2.92. The fraction of sp³-hybridized carbons (Fsp3) is 0.250. The molecule has 0 saturated carbocycles. The number of anilines is 1. The maximum absolute atomic E-state index is 12.8. The number of nitrogens with one attached hydrogen (secondary N) is 1. The molecule has 0 spiro atoms. The molecule has 3 rings (SSSR count). The third-order valence-electron chi connectivity index (χ3n) is 4.15. The summed E-state index contributed by atoms with van der Waals surface area (Å²) in [6.45, 7) is -0.165. The molecular weight excluding hydrogens is 406 g/mol. The number of nitrogens with two attached hydrogens (primary N) is 1. The predicted octanol–water partition coefficient (Wildman–Crippen LogP) is 1.37. The van der Waals surface area contributed by atoms with Gasteiger partial charge in [0.25, 0.3) is 5.56 Å². The van der Waals surface area contributed by atoms with Crippen molar-refractivity contribution in [3.05, 3.63) is 53.1 Å². The third-order valence-corrected chi connectivity index (χ3v) is 4.98. The van der Waals surface area contributed by atoms with Crippen LogP contribution in [0.2, 0.25) is 0 Å². The number of quaternary nitrogens is 1. The van der Waals surface area contributed by atoms with Crippen molar-refractivity contribution >= 4 is 40.1 Å². The fourth-order valence-corrected chi connectivity index (χ4v) is 3.62. The molecule has 2 aromatic carbocycles. The molecule has 0 aliphatic rings. The summed E-state index contributed by atoms with van der Waals surface area (Å²) in [6.07, 6.45) is 1.37. The normalized spacial score (nSPS) is 11.1.